The molecular weight excluding hydrogens is 415 g/mol. The number of benzene rings is 2. The molecule has 0 aromatic heterocycles. The zero-order valence-electron chi connectivity index (χ0n) is 11.5. The van der Waals surface area contributed by atoms with Crippen LogP contribution in [-0.4, -0.2) is 6.66 Å². The summed E-state index contributed by atoms with van der Waals surface area (Å²) in [6.07, 6.45) is 0. The Hall–Kier alpha value is 0.208. The second kappa shape index (κ2) is 12.3. The quantitative estimate of drug-likeness (QED) is 0.370. The topological polar surface area (TPSA) is 0 Å². The van der Waals surface area contributed by atoms with Gasteiger partial charge in [0.25, 0.3) is 0 Å². The fourth-order valence-electron chi connectivity index (χ4n) is 1.45. The largest absolute Gasteiger partial charge is 1.00 e. The molecule has 0 N–H and O–H groups in total. The smallest absolute Gasteiger partial charge is 0.358 e. The second-order valence-electron chi connectivity index (χ2n) is 3.23. The minimum absolute atomic E-state index is 0. The van der Waals surface area contributed by atoms with E-state index in [1.54, 1.807) is 0 Å². The van der Waals surface area contributed by atoms with Crippen LogP contribution in [0.15, 0.2) is 60.7 Å². The minimum Gasteiger partial charge on any atom is -0.358 e. The van der Waals surface area contributed by atoms with Crippen LogP contribution in [0, 0.1) is 14.9 Å². The van der Waals surface area contributed by atoms with Gasteiger partial charge in [-0.1, -0.05) is 60.7 Å². The van der Waals surface area contributed by atoms with Crippen molar-refractivity contribution in [2.24, 2.45) is 0 Å². The molecule has 2 aromatic carbocycles. The Balaban J connectivity index is -0.000000562. The fourth-order valence-corrected chi connectivity index (χ4v) is 2.99. The monoisotopic (exact) mass is 434 g/mol. The summed E-state index contributed by atoms with van der Waals surface area (Å²) in [5, 5.41) is 2.88. The van der Waals surface area contributed by atoms with Gasteiger partial charge in [-0.05, 0) is 25.2 Å². The molecule has 18 heavy (non-hydrogen) atoms. The molecule has 0 unspecified atom stereocenters. The molecule has 0 nitrogen and oxygen atoms in total. The number of hydrogen-bond donors (Lipinski definition) is 0. The van der Waals surface area contributed by atoms with Crippen molar-refractivity contribution in [2.45, 2.75) is 0 Å². The van der Waals surface area contributed by atoms with Crippen LogP contribution in [-0.2, 0) is 22.4 Å². The van der Waals surface area contributed by atoms with Gasteiger partial charge in [-0.2, -0.15) is 0 Å². The van der Waals surface area contributed by atoms with E-state index in [4.69, 9.17) is 0 Å². The zero-order chi connectivity index (χ0) is 9.80. The Labute approximate surface area is 141 Å². The van der Waals surface area contributed by atoms with E-state index in [2.05, 4.69) is 67.3 Å². The van der Waals surface area contributed by atoms with Crippen molar-refractivity contribution in [1.82, 2.24) is 0 Å². The Morgan fingerprint density at radius 3 is 1.22 bits per heavy atom. The van der Waals surface area contributed by atoms with Crippen LogP contribution in [0.5, 0.6) is 0 Å². The van der Waals surface area contributed by atoms with Gasteiger partial charge in [-0.3, -0.25) is 0 Å². The Bertz CT molecular complexity index is 352. The average Bonchev–Trinajstić information content (AvgIpc) is 2.30. The van der Waals surface area contributed by atoms with Crippen LogP contribution in [0.1, 0.15) is 0 Å². The first-order valence-electron chi connectivity index (χ1n) is 4.72. The third-order valence-corrected chi connectivity index (χ3v) is 4.43. The Morgan fingerprint density at radius 2 is 0.944 bits per heavy atom. The average molecular weight is 434 g/mol. The molecular formula is C15H19AuLiP. The summed E-state index contributed by atoms with van der Waals surface area (Å²) >= 11 is 0. The molecule has 0 saturated heterocycles. The molecule has 2 aromatic rings. The number of rotatable bonds is 2. The maximum atomic E-state index is 2.31. The van der Waals surface area contributed by atoms with Gasteiger partial charge >= 0.3 is 41.2 Å². The molecule has 0 aliphatic heterocycles. The Morgan fingerprint density at radius 1 is 0.667 bits per heavy atom. The molecule has 0 spiro atoms. The van der Waals surface area contributed by atoms with Crippen LogP contribution in [0.3, 0.4) is 0 Å². The summed E-state index contributed by atoms with van der Waals surface area (Å²) in [6.45, 7) is 2.31. The van der Waals surface area contributed by atoms with E-state index in [0.29, 0.717) is 0 Å². The van der Waals surface area contributed by atoms with Gasteiger partial charge in [-0.25, -0.2) is 0 Å². The van der Waals surface area contributed by atoms with E-state index < -0.39 is 0 Å². The van der Waals surface area contributed by atoms with Crippen molar-refractivity contribution in [3.8, 4) is 0 Å². The maximum absolute atomic E-state index is 2.31. The predicted octanol–water partition coefficient (Wildman–Crippen LogP) is 0.651. The normalized spacial score (nSPS) is 8.11. The van der Waals surface area contributed by atoms with E-state index in [0.717, 1.165) is 0 Å². The third kappa shape index (κ3) is 6.40. The molecule has 0 bridgehead atoms. The van der Waals surface area contributed by atoms with Gasteiger partial charge in [0.1, 0.15) is 0 Å². The van der Waals surface area contributed by atoms with Crippen molar-refractivity contribution in [3.63, 3.8) is 0 Å². The van der Waals surface area contributed by atoms with Gasteiger partial charge < -0.3 is 14.9 Å². The molecule has 96 valence electrons. The maximum Gasteiger partial charge on any atom is 1.00 e. The molecule has 0 aliphatic carbocycles. The second-order valence-corrected chi connectivity index (χ2v) is 5.38. The van der Waals surface area contributed by atoms with Crippen LogP contribution < -0.4 is 29.5 Å². The number of hydrogen-bond acceptors (Lipinski definition) is 0. The van der Waals surface area contributed by atoms with Crippen molar-refractivity contribution < 1.29 is 41.2 Å². The molecule has 0 atom stereocenters. The SMILES string of the molecule is CP(c1ccccc1)c1ccccc1.[Au+].[CH3-].[CH3-].[Li+]. The van der Waals surface area contributed by atoms with Crippen molar-refractivity contribution in [3.05, 3.63) is 75.5 Å². The van der Waals surface area contributed by atoms with Crippen molar-refractivity contribution in [1.29, 1.82) is 0 Å². The summed E-state index contributed by atoms with van der Waals surface area (Å²) in [4.78, 5) is 0. The van der Waals surface area contributed by atoms with E-state index in [9.17, 15) is 0 Å². The van der Waals surface area contributed by atoms with Gasteiger partial charge in [-0.15, -0.1) is 0 Å². The first-order chi connectivity index (χ1) is 6.88. The van der Waals surface area contributed by atoms with E-state index >= 15 is 0 Å². The van der Waals surface area contributed by atoms with Crippen molar-refractivity contribution >= 4 is 18.5 Å². The van der Waals surface area contributed by atoms with Crippen LogP contribution in [0.4, 0.5) is 0 Å². The fraction of sp³-hybridized carbons (Fsp3) is 0.0667. The Kier molecular flexibility index (Phi) is 15.9. The first kappa shape index (κ1) is 23.3. The molecule has 0 amide bonds. The van der Waals surface area contributed by atoms with Gasteiger partial charge in [0.05, 0.1) is 0 Å². The zero-order valence-corrected chi connectivity index (χ0v) is 14.6. The molecule has 0 radical (unpaired) electrons. The standard InChI is InChI=1S/C13H13P.2CH3.Au.Li/c1-14(12-8-4-2-5-9-12)13-10-6-3-7-11-13;;;;/h2-11H,1H3;2*1H3;;/q;2*-1;2*+1. The van der Waals surface area contributed by atoms with Gasteiger partial charge in [0.15, 0.2) is 0 Å². The van der Waals surface area contributed by atoms with E-state index in [-0.39, 0.29) is 64.0 Å². The van der Waals surface area contributed by atoms with Crippen LogP contribution >= 0.6 is 7.92 Å². The molecule has 0 saturated carbocycles. The molecule has 3 heteroatoms. The summed E-state index contributed by atoms with van der Waals surface area (Å²) in [6, 6.07) is 21.4. The van der Waals surface area contributed by atoms with Crippen LogP contribution in [0.2, 0.25) is 0 Å². The molecule has 0 fully saturated rings. The van der Waals surface area contributed by atoms with Crippen molar-refractivity contribution in [2.75, 3.05) is 6.66 Å². The predicted molar refractivity (Wildman–Crippen MR) is 77.8 cm³/mol. The molecule has 0 heterocycles. The summed E-state index contributed by atoms with van der Waals surface area (Å²) in [5.41, 5.74) is 0. The van der Waals surface area contributed by atoms with E-state index in [1.165, 1.54) is 10.6 Å². The van der Waals surface area contributed by atoms with Gasteiger partial charge in [0, 0.05) is 0 Å². The summed E-state index contributed by atoms with van der Waals surface area (Å²) in [7, 11) is -0.171. The third-order valence-electron chi connectivity index (χ3n) is 2.29. The molecule has 0 aliphatic rings. The molecule has 2 rings (SSSR count). The van der Waals surface area contributed by atoms with Crippen LogP contribution in [0.25, 0.3) is 0 Å². The van der Waals surface area contributed by atoms with E-state index in [1.807, 2.05) is 0 Å². The first-order valence-corrected chi connectivity index (χ1v) is 6.50. The minimum atomic E-state index is -0.171. The summed E-state index contributed by atoms with van der Waals surface area (Å²) < 4.78 is 0. The van der Waals surface area contributed by atoms with Gasteiger partial charge in [0.2, 0.25) is 0 Å². The summed E-state index contributed by atoms with van der Waals surface area (Å²) in [5.74, 6) is 0.